The molecular formula is C14H14O2. The maximum absolute atomic E-state index is 9.53. The molecule has 2 aromatic carbocycles. The molecule has 0 unspecified atom stereocenters. The van der Waals surface area contributed by atoms with Crippen molar-refractivity contribution in [2.75, 3.05) is 0 Å². The highest BCUT2D eigenvalue weighted by Crippen LogP contribution is 2.25. The molecule has 0 aliphatic rings. The maximum Gasteiger partial charge on any atom is 0.116 e. The standard InChI is InChI=1S/C14H14O2/c1-10-5-13(8-14(16)6-10)12-4-2-3-11(7-12)9-15/h2-8,15-16H,9H2,1H3. The molecule has 0 atom stereocenters. The molecule has 0 fully saturated rings. The minimum absolute atomic E-state index is 0.0334. The molecule has 0 saturated carbocycles. The third-order valence-electron chi connectivity index (χ3n) is 2.51. The lowest BCUT2D eigenvalue weighted by Gasteiger charge is -2.06. The fourth-order valence-electron chi connectivity index (χ4n) is 1.78. The number of phenols is 1. The molecule has 2 heteroatoms. The van der Waals surface area contributed by atoms with Crippen LogP contribution in [0, 0.1) is 6.92 Å². The molecule has 0 aliphatic carbocycles. The molecule has 0 heterocycles. The molecule has 0 saturated heterocycles. The summed E-state index contributed by atoms with van der Waals surface area (Å²) in [6.45, 7) is 1.98. The molecule has 2 N–H and O–H groups in total. The van der Waals surface area contributed by atoms with E-state index in [1.54, 1.807) is 12.1 Å². The molecule has 0 aliphatic heterocycles. The zero-order valence-electron chi connectivity index (χ0n) is 9.14. The van der Waals surface area contributed by atoms with Crippen molar-refractivity contribution in [3.63, 3.8) is 0 Å². The van der Waals surface area contributed by atoms with Crippen LogP contribution < -0.4 is 0 Å². The zero-order chi connectivity index (χ0) is 11.5. The number of benzene rings is 2. The van der Waals surface area contributed by atoms with Gasteiger partial charge in [-0.1, -0.05) is 24.3 Å². The first-order valence-corrected chi connectivity index (χ1v) is 5.20. The topological polar surface area (TPSA) is 40.5 Å². The van der Waals surface area contributed by atoms with Crippen LogP contribution in [0.2, 0.25) is 0 Å². The molecule has 82 valence electrons. The number of hydrogen-bond acceptors (Lipinski definition) is 2. The Morgan fingerprint density at radius 1 is 1.00 bits per heavy atom. The Morgan fingerprint density at radius 3 is 2.50 bits per heavy atom. The first-order chi connectivity index (χ1) is 7.69. The minimum atomic E-state index is 0.0334. The molecule has 0 spiro atoms. The summed E-state index contributed by atoms with van der Waals surface area (Å²) in [6, 6.07) is 13.1. The van der Waals surface area contributed by atoms with E-state index in [-0.39, 0.29) is 12.4 Å². The van der Waals surface area contributed by atoms with Gasteiger partial charge in [-0.15, -0.1) is 0 Å². The largest absolute Gasteiger partial charge is 0.508 e. The first-order valence-electron chi connectivity index (χ1n) is 5.20. The van der Waals surface area contributed by atoms with Crippen LogP contribution in [0.3, 0.4) is 0 Å². The van der Waals surface area contributed by atoms with Crippen molar-refractivity contribution < 1.29 is 10.2 Å². The Hall–Kier alpha value is -1.80. The Balaban J connectivity index is 2.49. The average Bonchev–Trinajstić information content (AvgIpc) is 2.28. The lowest BCUT2D eigenvalue weighted by molar-refractivity contribution is 0.282. The summed E-state index contributed by atoms with van der Waals surface area (Å²) in [5.74, 6) is 0.268. The van der Waals surface area contributed by atoms with Crippen molar-refractivity contribution in [1.82, 2.24) is 0 Å². The summed E-state index contributed by atoms with van der Waals surface area (Å²) in [4.78, 5) is 0. The van der Waals surface area contributed by atoms with Gasteiger partial charge in [0.05, 0.1) is 6.61 Å². The first kappa shape index (κ1) is 10.7. The summed E-state index contributed by atoms with van der Waals surface area (Å²) < 4.78 is 0. The lowest BCUT2D eigenvalue weighted by atomic mass is 10.0. The number of aryl methyl sites for hydroxylation is 1. The summed E-state index contributed by atoms with van der Waals surface area (Å²) in [7, 11) is 0. The minimum Gasteiger partial charge on any atom is -0.508 e. The summed E-state index contributed by atoms with van der Waals surface area (Å²) in [5.41, 5.74) is 3.86. The van der Waals surface area contributed by atoms with Crippen molar-refractivity contribution in [2.24, 2.45) is 0 Å². The summed E-state index contributed by atoms with van der Waals surface area (Å²) >= 11 is 0. The van der Waals surface area contributed by atoms with Crippen molar-refractivity contribution in [3.8, 4) is 16.9 Å². The van der Waals surface area contributed by atoms with Crippen molar-refractivity contribution in [3.05, 3.63) is 53.6 Å². The molecule has 2 aromatic rings. The molecule has 2 nitrogen and oxygen atoms in total. The predicted octanol–water partition coefficient (Wildman–Crippen LogP) is 2.86. The normalized spacial score (nSPS) is 10.4. The molecule has 0 amide bonds. The van der Waals surface area contributed by atoms with Gasteiger partial charge in [-0.2, -0.15) is 0 Å². The number of aromatic hydroxyl groups is 1. The van der Waals surface area contributed by atoms with Gasteiger partial charge in [-0.3, -0.25) is 0 Å². The molecule has 0 radical (unpaired) electrons. The monoisotopic (exact) mass is 214 g/mol. The fraction of sp³-hybridized carbons (Fsp3) is 0.143. The van der Waals surface area contributed by atoms with Crippen LogP contribution in [0.4, 0.5) is 0 Å². The quantitative estimate of drug-likeness (QED) is 0.807. The smallest absolute Gasteiger partial charge is 0.116 e. The molecule has 0 aromatic heterocycles. The van der Waals surface area contributed by atoms with Gasteiger partial charge in [-0.05, 0) is 47.4 Å². The van der Waals surface area contributed by atoms with Crippen molar-refractivity contribution in [1.29, 1.82) is 0 Å². The summed E-state index contributed by atoms with van der Waals surface area (Å²) in [6.07, 6.45) is 0. The molecule has 16 heavy (non-hydrogen) atoms. The van der Waals surface area contributed by atoms with Gasteiger partial charge in [0.1, 0.15) is 5.75 Å². The van der Waals surface area contributed by atoms with E-state index in [1.165, 1.54) is 0 Å². The van der Waals surface area contributed by atoms with Gasteiger partial charge < -0.3 is 10.2 Å². The third-order valence-corrected chi connectivity index (χ3v) is 2.51. The predicted molar refractivity (Wildman–Crippen MR) is 64.2 cm³/mol. The van der Waals surface area contributed by atoms with Gasteiger partial charge in [-0.25, -0.2) is 0 Å². The van der Waals surface area contributed by atoms with Crippen LogP contribution in [0.5, 0.6) is 5.75 Å². The van der Waals surface area contributed by atoms with E-state index in [0.717, 1.165) is 22.3 Å². The van der Waals surface area contributed by atoms with E-state index < -0.39 is 0 Å². The molecule has 2 rings (SSSR count). The molecular weight excluding hydrogens is 200 g/mol. The highest BCUT2D eigenvalue weighted by molar-refractivity contribution is 5.66. The van der Waals surface area contributed by atoms with Crippen molar-refractivity contribution >= 4 is 0 Å². The highest BCUT2D eigenvalue weighted by Gasteiger charge is 2.01. The Labute approximate surface area is 94.8 Å². The second-order valence-corrected chi connectivity index (χ2v) is 3.92. The summed E-state index contributed by atoms with van der Waals surface area (Å²) in [5, 5.41) is 18.6. The Kier molecular flexibility index (Phi) is 2.93. The average molecular weight is 214 g/mol. The zero-order valence-corrected chi connectivity index (χ0v) is 9.14. The fourth-order valence-corrected chi connectivity index (χ4v) is 1.78. The van der Waals surface area contributed by atoms with E-state index in [1.807, 2.05) is 37.3 Å². The molecule has 0 bridgehead atoms. The van der Waals surface area contributed by atoms with E-state index in [4.69, 9.17) is 5.11 Å². The second kappa shape index (κ2) is 4.37. The Morgan fingerprint density at radius 2 is 1.81 bits per heavy atom. The SMILES string of the molecule is Cc1cc(O)cc(-c2cccc(CO)c2)c1. The van der Waals surface area contributed by atoms with E-state index in [0.29, 0.717) is 0 Å². The van der Waals surface area contributed by atoms with Crippen LogP contribution in [0.1, 0.15) is 11.1 Å². The maximum atomic E-state index is 9.53. The highest BCUT2D eigenvalue weighted by atomic mass is 16.3. The van der Waals surface area contributed by atoms with Gasteiger partial charge >= 0.3 is 0 Å². The number of phenolic OH excluding ortho intramolecular Hbond substituents is 1. The lowest BCUT2D eigenvalue weighted by Crippen LogP contribution is -1.85. The van der Waals surface area contributed by atoms with E-state index in [2.05, 4.69) is 0 Å². The van der Waals surface area contributed by atoms with Gasteiger partial charge in [0.2, 0.25) is 0 Å². The van der Waals surface area contributed by atoms with E-state index >= 15 is 0 Å². The number of aliphatic hydroxyl groups is 1. The Bertz CT molecular complexity index is 484. The van der Waals surface area contributed by atoms with Crippen LogP contribution in [0.25, 0.3) is 11.1 Å². The van der Waals surface area contributed by atoms with Crippen molar-refractivity contribution in [2.45, 2.75) is 13.5 Å². The van der Waals surface area contributed by atoms with E-state index in [9.17, 15) is 5.11 Å². The number of hydrogen-bond donors (Lipinski definition) is 2. The number of rotatable bonds is 2. The second-order valence-electron chi connectivity index (χ2n) is 3.92. The van der Waals surface area contributed by atoms with Gasteiger partial charge in [0.15, 0.2) is 0 Å². The van der Waals surface area contributed by atoms with Crippen LogP contribution in [-0.2, 0) is 6.61 Å². The number of aliphatic hydroxyl groups excluding tert-OH is 1. The van der Waals surface area contributed by atoms with Crippen LogP contribution in [-0.4, -0.2) is 10.2 Å². The van der Waals surface area contributed by atoms with Crippen LogP contribution in [0.15, 0.2) is 42.5 Å². The van der Waals surface area contributed by atoms with Gasteiger partial charge in [0, 0.05) is 0 Å². The van der Waals surface area contributed by atoms with Gasteiger partial charge in [0.25, 0.3) is 0 Å². The third kappa shape index (κ3) is 2.23. The van der Waals surface area contributed by atoms with Crippen LogP contribution >= 0.6 is 0 Å².